The van der Waals surface area contributed by atoms with Crippen LogP contribution in [-0.2, 0) is 6.54 Å². The van der Waals surface area contributed by atoms with Gasteiger partial charge in [-0.15, -0.1) is 12.4 Å². The van der Waals surface area contributed by atoms with E-state index in [1.54, 1.807) is 11.0 Å². The first-order valence-corrected chi connectivity index (χ1v) is 8.10. The summed E-state index contributed by atoms with van der Waals surface area (Å²) < 4.78 is 1.73. The Morgan fingerprint density at radius 2 is 2.04 bits per heavy atom. The molecule has 3 rings (SSSR count). The molecule has 0 radical (unpaired) electrons. The van der Waals surface area contributed by atoms with Crippen LogP contribution in [-0.4, -0.2) is 44.7 Å². The van der Waals surface area contributed by atoms with Gasteiger partial charge < -0.3 is 10.6 Å². The normalized spacial score (nSPS) is 16.5. The lowest BCUT2D eigenvalue weighted by Crippen LogP contribution is -2.42. The summed E-state index contributed by atoms with van der Waals surface area (Å²) in [7, 11) is 0. The summed E-state index contributed by atoms with van der Waals surface area (Å²) >= 11 is 0. The molecule has 1 aromatic heterocycles. The minimum atomic E-state index is 0. The largest absolute Gasteiger partial charge is 0.339 e. The molecule has 1 aliphatic heterocycles. The summed E-state index contributed by atoms with van der Waals surface area (Å²) in [5.41, 5.74) is 7.70. The number of hydrogen-bond donors (Lipinski definition) is 1. The van der Waals surface area contributed by atoms with Crippen LogP contribution in [0.25, 0.3) is 0 Å². The van der Waals surface area contributed by atoms with Crippen LogP contribution in [0.1, 0.15) is 35.7 Å². The molecule has 7 heteroatoms. The molecule has 1 fully saturated rings. The van der Waals surface area contributed by atoms with E-state index in [0.29, 0.717) is 12.5 Å². The van der Waals surface area contributed by atoms with Gasteiger partial charge in [0, 0.05) is 24.7 Å². The number of hydrogen-bond acceptors (Lipinski definition) is 4. The van der Waals surface area contributed by atoms with Crippen molar-refractivity contribution in [3.05, 3.63) is 48.0 Å². The fourth-order valence-electron chi connectivity index (χ4n) is 3.15. The molecule has 2 aromatic rings. The zero-order valence-corrected chi connectivity index (χ0v) is 14.7. The van der Waals surface area contributed by atoms with Crippen LogP contribution >= 0.6 is 12.4 Å². The summed E-state index contributed by atoms with van der Waals surface area (Å²) in [6.07, 6.45) is 5.13. The predicted molar refractivity (Wildman–Crippen MR) is 95.1 cm³/mol. The molecular weight excluding hydrogens is 326 g/mol. The van der Waals surface area contributed by atoms with E-state index in [-0.39, 0.29) is 24.4 Å². The monoisotopic (exact) mass is 349 g/mol. The Morgan fingerprint density at radius 1 is 1.33 bits per heavy atom. The number of nitrogens with two attached hydrogens (primary N) is 1. The van der Waals surface area contributed by atoms with Gasteiger partial charge in [0.05, 0.1) is 6.54 Å². The summed E-state index contributed by atoms with van der Waals surface area (Å²) in [5.74, 6) is 0.619. The van der Waals surface area contributed by atoms with E-state index in [9.17, 15) is 4.79 Å². The Balaban J connectivity index is 0.00000208. The van der Waals surface area contributed by atoms with E-state index in [1.807, 2.05) is 29.2 Å². The Labute approximate surface area is 148 Å². The number of aromatic nitrogens is 3. The fourth-order valence-corrected chi connectivity index (χ4v) is 3.15. The van der Waals surface area contributed by atoms with Crippen molar-refractivity contribution in [3.63, 3.8) is 0 Å². The lowest BCUT2D eigenvalue weighted by atomic mass is 9.90. The second-order valence-corrected chi connectivity index (χ2v) is 6.24. The smallest absolute Gasteiger partial charge is 0.254 e. The van der Waals surface area contributed by atoms with E-state index in [1.165, 1.54) is 6.33 Å². The first kappa shape index (κ1) is 18.4. The lowest BCUT2D eigenvalue weighted by Gasteiger charge is -2.34. The summed E-state index contributed by atoms with van der Waals surface area (Å²) in [6.45, 7) is 4.17. The maximum absolute atomic E-state index is 12.9. The minimum absolute atomic E-state index is 0. The van der Waals surface area contributed by atoms with Gasteiger partial charge in [0.1, 0.15) is 12.7 Å². The van der Waals surface area contributed by atoms with E-state index in [0.717, 1.165) is 37.1 Å². The number of likely N-dealkylation sites (tertiary alicyclic amines) is 1. The van der Waals surface area contributed by atoms with Crippen LogP contribution in [0.4, 0.5) is 0 Å². The van der Waals surface area contributed by atoms with Gasteiger partial charge in [-0.3, -0.25) is 4.79 Å². The highest BCUT2D eigenvalue weighted by atomic mass is 35.5. The van der Waals surface area contributed by atoms with Crippen molar-refractivity contribution in [2.75, 3.05) is 13.1 Å². The van der Waals surface area contributed by atoms with E-state index < -0.39 is 0 Å². The van der Waals surface area contributed by atoms with Crippen LogP contribution in [0.5, 0.6) is 0 Å². The maximum atomic E-state index is 12.9. The Bertz CT molecular complexity index is 651. The van der Waals surface area contributed by atoms with Crippen molar-refractivity contribution in [1.82, 2.24) is 19.7 Å². The average Bonchev–Trinajstić information content (AvgIpc) is 3.08. The first-order valence-electron chi connectivity index (χ1n) is 8.10. The standard InChI is InChI=1S/C17H23N5O.ClH/c1-13(18)14-6-8-21(9-7-14)17(23)16-5-3-2-4-15(16)10-22-12-19-11-20-22;/h2-5,11-14H,6-10,18H2,1H3;1H. The molecule has 2 N–H and O–H groups in total. The van der Waals surface area contributed by atoms with Crippen LogP contribution in [0.3, 0.4) is 0 Å². The van der Waals surface area contributed by atoms with Crippen molar-refractivity contribution in [1.29, 1.82) is 0 Å². The molecular formula is C17H24ClN5O. The number of halogens is 1. The molecule has 1 saturated heterocycles. The zero-order chi connectivity index (χ0) is 16.2. The quantitative estimate of drug-likeness (QED) is 0.915. The van der Waals surface area contributed by atoms with Crippen molar-refractivity contribution >= 4 is 18.3 Å². The van der Waals surface area contributed by atoms with Gasteiger partial charge in [-0.2, -0.15) is 5.10 Å². The minimum Gasteiger partial charge on any atom is -0.339 e. The van der Waals surface area contributed by atoms with Crippen molar-refractivity contribution in [3.8, 4) is 0 Å². The number of piperidine rings is 1. The fraction of sp³-hybridized carbons (Fsp3) is 0.471. The molecule has 130 valence electrons. The molecule has 1 aliphatic rings. The maximum Gasteiger partial charge on any atom is 0.254 e. The van der Waals surface area contributed by atoms with Gasteiger partial charge in [0.2, 0.25) is 0 Å². The Kier molecular flexibility index (Phi) is 6.34. The van der Waals surface area contributed by atoms with Gasteiger partial charge in [-0.1, -0.05) is 18.2 Å². The average molecular weight is 350 g/mol. The lowest BCUT2D eigenvalue weighted by molar-refractivity contribution is 0.0679. The third-order valence-electron chi connectivity index (χ3n) is 4.62. The Hall–Kier alpha value is -1.92. The number of benzene rings is 1. The first-order chi connectivity index (χ1) is 11.1. The number of carbonyl (C=O) groups is 1. The van der Waals surface area contributed by atoms with E-state index >= 15 is 0 Å². The highest BCUT2D eigenvalue weighted by Gasteiger charge is 2.26. The van der Waals surface area contributed by atoms with Gasteiger partial charge in [-0.05, 0) is 37.3 Å². The van der Waals surface area contributed by atoms with Gasteiger partial charge in [-0.25, -0.2) is 9.67 Å². The molecule has 1 atom stereocenters. The van der Waals surface area contributed by atoms with Crippen molar-refractivity contribution in [2.45, 2.75) is 32.4 Å². The van der Waals surface area contributed by atoms with Gasteiger partial charge in [0.15, 0.2) is 0 Å². The molecule has 1 amide bonds. The number of nitrogens with zero attached hydrogens (tertiary/aromatic N) is 4. The summed E-state index contributed by atoms with van der Waals surface area (Å²) in [4.78, 5) is 18.8. The molecule has 0 bridgehead atoms. The third-order valence-corrected chi connectivity index (χ3v) is 4.62. The molecule has 0 saturated carbocycles. The van der Waals surface area contributed by atoms with E-state index in [2.05, 4.69) is 17.0 Å². The second kappa shape index (κ2) is 8.26. The summed E-state index contributed by atoms with van der Waals surface area (Å²) in [6, 6.07) is 7.93. The molecule has 1 unspecified atom stereocenters. The van der Waals surface area contributed by atoms with Crippen LogP contribution < -0.4 is 5.73 Å². The number of rotatable bonds is 4. The van der Waals surface area contributed by atoms with E-state index in [4.69, 9.17) is 5.73 Å². The molecule has 24 heavy (non-hydrogen) atoms. The molecule has 2 heterocycles. The molecule has 0 spiro atoms. The highest BCUT2D eigenvalue weighted by molar-refractivity contribution is 5.95. The molecule has 0 aliphatic carbocycles. The topological polar surface area (TPSA) is 77.0 Å². The van der Waals surface area contributed by atoms with Crippen LogP contribution in [0.15, 0.2) is 36.9 Å². The third kappa shape index (κ3) is 4.13. The van der Waals surface area contributed by atoms with Crippen LogP contribution in [0, 0.1) is 5.92 Å². The van der Waals surface area contributed by atoms with Crippen LogP contribution in [0.2, 0.25) is 0 Å². The Morgan fingerprint density at radius 3 is 2.67 bits per heavy atom. The second-order valence-electron chi connectivity index (χ2n) is 6.24. The predicted octanol–water partition coefficient (Wildman–Crippen LogP) is 1.95. The zero-order valence-electron chi connectivity index (χ0n) is 13.8. The van der Waals surface area contributed by atoms with Gasteiger partial charge >= 0.3 is 0 Å². The highest BCUT2D eigenvalue weighted by Crippen LogP contribution is 2.22. The SMILES string of the molecule is CC(N)C1CCN(C(=O)c2ccccc2Cn2cncn2)CC1.Cl. The van der Waals surface area contributed by atoms with Crippen molar-refractivity contribution in [2.24, 2.45) is 11.7 Å². The summed E-state index contributed by atoms with van der Waals surface area (Å²) in [5, 5.41) is 4.12. The van der Waals surface area contributed by atoms with Crippen molar-refractivity contribution < 1.29 is 4.79 Å². The molecule has 1 aromatic carbocycles. The van der Waals surface area contributed by atoms with Gasteiger partial charge in [0.25, 0.3) is 5.91 Å². The number of carbonyl (C=O) groups excluding carboxylic acids is 1. The molecule has 6 nitrogen and oxygen atoms in total. The number of amides is 1.